The van der Waals surface area contributed by atoms with Crippen LogP contribution in [-0.2, 0) is 21.4 Å². The third-order valence-electron chi connectivity index (χ3n) is 4.53. The van der Waals surface area contributed by atoms with Crippen LogP contribution in [0.5, 0.6) is 0 Å². The van der Waals surface area contributed by atoms with Crippen molar-refractivity contribution in [2.45, 2.75) is 32.9 Å². The van der Waals surface area contributed by atoms with Crippen molar-refractivity contribution in [2.75, 3.05) is 10.6 Å². The van der Waals surface area contributed by atoms with E-state index in [0.717, 1.165) is 21.7 Å². The first-order valence-electron chi connectivity index (χ1n) is 9.51. The van der Waals surface area contributed by atoms with Crippen LogP contribution in [0.2, 0.25) is 0 Å². The molecule has 0 bridgehead atoms. The highest BCUT2D eigenvalue weighted by atomic mass is 32.2. The van der Waals surface area contributed by atoms with E-state index in [1.54, 1.807) is 37.3 Å². The average Bonchev–Trinajstić information content (AvgIpc) is 3.19. The zero-order valence-corrected chi connectivity index (χ0v) is 17.9. The van der Waals surface area contributed by atoms with Crippen molar-refractivity contribution in [3.8, 4) is 11.4 Å². The van der Waals surface area contributed by atoms with Gasteiger partial charge in [0.2, 0.25) is 27.6 Å². The molecule has 158 valence electrons. The molecule has 0 fully saturated rings. The lowest BCUT2D eigenvalue weighted by molar-refractivity contribution is -0.122. The topological polar surface area (TPSA) is 105 Å². The van der Waals surface area contributed by atoms with Gasteiger partial charge in [0, 0.05) is 5.56 Å². The highest BCUT2D eigenvalue weighted by molar-refractivity contribution is 7.92. The molecule has 1 amide bonds. The number of hydrogen-bond acceptors (Lipinski definition) is 6. The molecule has 0 saturated heterocycles. The normalized spacial score (nSPS) is 12.4. The van der Waals surface area contributed by atoms with Gasteiger partial charge in [0.15, 0.2) is 0 Å². The number of aryl methyl sites for hydroxylation is 1. The summed E-state index contributed by atoms with van der Waals surface area (Å²) in [5.74, 6) is 0.217. The van der Waals surface area contributed by atoms with E-state index < -0.39 is 22.0 Å². The lowest BCUT2D eigenvalue weighted by Crippen LogP contribution is -2.49. The van der Waals surface area contributed by atoms with Crippen LogP contribution in [0, 0.1) is 6.92 Å². The van der Waals surface area contributed by atoms with Gasteiger partial charge in [0.05, 0.1) is 18.5 Å². The number of para-hydroxylation sites is 1. The molecule has 0 aliphatic rings. The summed E-state index contributed by atoms with van der Waals surface area (Å²) in [4.78, 5) is 17.1. The smallest absolute Gasteiger partial charge is 0.246 e. The SMILES string of the molecule is CCC(C(=O)NCc1nc(-c2ccc(C)cc2)no1)N(c1ccccc1)S(C)(=O)=O. The second-order valence-corrected chi connectivity index (χ2v) is 8.77. The Morgan fingerprint density at radius 2 is 1.80 bits per heavy atom. The van der Waals surface area contributed by atoms with Crippen molar-refractivity contribution in [3.63, 3.8) is 0 Å². The molecule has 3 rings (SSSR count). The molecule has 1 unspecified atom stereocenters. The molecule has 9 heteroatoms. The molecule has 1 heterocycles. The molecule has 0 saturated carbocycles. The zero-order chi connectivity index (χ0) is 21.7. The predicted molar refractivity (Wildman–Crippen MR) is 114 cm³/mol. The van der Waals surface area contributed by atoms with Crippen molar-refractivity contribution in [1.82, 2.24) is 15.5 Å². The van der Waals surface area contributed by atoms with Gasteiger partial charge in [-0.1, -0.05) is 60.1 Å². The Morgan fingerprint density at radius 3 is 2.40 bits per heavy atom. The van der Waals surface area contributed by atoms with E-state index >= 15 is 0 Å². The number of amides is 1. The van der Waals surface area contributed by atoms with Gasteiger partial charge in [-0.15, -0.1) is 0 Å². The maximum absolute atomic E-state index is 12.8. The van der Waals surface area contributed by atoms with Crippen molar-refractivity contribution in [2.24, 2.45) is 0 Å². The summed E-state index contributed by atoms with van der Waals surface area (Å²) in [6, 6.07) is 15.3. The molecule has 1 N–H and O–H groups in total. The molecule has 8 nitrogen and oxygen atoms in total. The van der Waals surface area contributed by atoms with Crippen LogP contribution in [0.3, 0.4) is 0 Å². The van der Waals surface area contributed by atoms with E-state index in [1.165, 1.54) is 0 Å². The number of carbonyl (C=O) groups excluding carboxylic acids is 1. The van der Waals surface area contributed by atoms with Crippen LogP contribution in [0.1, 0.15) is 24.8 Å². The van der Waals surface area contributed by atoms with Crippen molar-refractivity contribution in [3.05, 3.63) is 66.1 Å². The van der Waals surface area contributed by atoms with Crippen LogP contribution in [0.25, 0.3) is 11.4 Å². The summed E-state index contributed by atoms with van der Waals surface area (Å²) in [6.07, 6.45) is 1.38. The summed E-state index contributed by atoms with van der Waals surface area (Å²) < 4.78 is 31.2. The minimum atomic E-state index is -3.67. The highest BCUT2D eigenvalue weighted by Crippen LogP contribution is 2.22. The van der Waals surface area contributed by atoms with Gasteiger partial charge in [-0.3, -0.25) is 9.10 Å². The fraction of sp³-hybridized carbons (Fsp3) is 0.286. The Kier molecular flexibility index (Phi) is 6.51. The number of sulfonamides is 1. The minimum absolute atomic E-state index is 0.000582. The van der Waals surface area contributed by atoms with Gasteiger partial charge in [-0.25, -0.2) is 8.42 Å². The molecule has 30 heavy (non-hydrogen) atoms. The summed E-state index contributed by atoms with van der Waals surface area (Å²) in [7, 11) is -3.67. The Hall–Kier alpha value is -3.20. The monoisotopic (exact) mass is 428 g/mol. The standard InChI is InChI=1S/C21H24N4O4S/c1-4-18(25(30(3,27)28)17-8-6-5-7-9-17)21(26)22-14-19-23-20(24-29-19)16-12-10-15(2)11-13-16/h5-13,18H,4,14H2,1-3H3,(H,22,26). The number of hydrogen-bond donors (Lipinski definition) is 1. The molecule has 0 radical (unpaired) electrons. The van der Waals surface area contributed by atoms with E-state index in [4.69, 9.17) is 4.52 Å². The first-order chi connectivity index (χ1) is 14.3. The first kappa shape index (κ1) is 21.5. The number of rotatable bonds is 8. The lowest BCUT2D eigenvalue weighted by atomic mass is 10.1. The minimum Gasteiger partial charge on any atom is -0.345 e. The summed E-state index contributed by atoms with van der Waals surface area (Å²) >= 11 is 0. The number of anilines is 1. The van der Waals surface area contributed by atoms with Gasteiger partial charge in [-0.2, -0.15) is 4.98 Å². The maximum Gasteiger partial charge on any atom is 0.246 e. The predicted octanol–water partition coefficient (Wildman–Crippen LogP) is 2.91. The van der Waals surface area contributed by atoms with Crippen LogP contribution >= 0.6 is 0 Å². The van der Waals surface area contributed by atoms with Gasteiger partial charge in [0.25, 0.3) is 0 Å². The molecule has 1 atom stereocenters. The molecule has 0 spiro atoms. The number of aromatic nitrogens is 2. The Balaban J connectivity index is 1.73. The van der Waals surface area contributed by atoms with E-state index in [-0.39, 0.29) is 12.4 Å². The number of carbonyl (C=O) groups is 1. The van der Waals surface area contributed by atoms with Gasteiger partial charge in [-0.05, 0) is 25.5 Å². The Morgan fingerprint density at radius 1 is 1.13 bits per heavy atom. The average molecular weight is 429 g/mol. The summed E-state index contributed by atoms with van der Waals surface area (Å²) in [5, 5.41) is 6.64. The molecule has 0 aliphatic carbocycles. The second kappa shape index (κ2) is 9.08. The highest BCUT2D eigenvalue weighted by Gasteiger charge is 2.31. The van der Waals surface area contributed by atoms with Gasteiger partial charge >= 0.3 is 0 Å². The third-order valence-corrected chi connectivity index (χ3v) is 5.71. The largest absolute Gasteiger partial charge is 0.345 e. The molecule has 2 aromatic carbocycles. The number of nitrogens with one attached hydrogen (secondary N) is 1. The van der Waals surface area contributed by atoms with Crippen molar-refractivity contribution in [1.29, 1.82) is 0 Å². The maximum atomic E-state index is 12.8. The Bertz CT molecular complexity index is 1100. The van der Waals surface area contributed by atoms with Crippen molar-refractivity contribution < 1.29 is 17.7 Å². The van der Waals surface area contributed by atoms with Gasteiger partial charge in [0.1, 0.15) is 6.04 Å². The van der Waals surface area contributed by atoms with Crippen LogP contribution in [-0.4, -0.2) is 36.8 Å². The van der Waals surface area contributed by atoms with Crippen LogP contribution in [0.4, 0.5) is 5.69 Å². The van der Waals surface area contributed by atoms with E-state index in [0.29, 0.717) is 17.9 Å². The quantitative estimate of drug-likeness (QED) is 0.591. The van der Waals surface area contributed by atoms with E-state index in [1.807, 2.05) is 31.2 Å². The van der Waals surface area contributed by atoms with Crippen LogP contribution in [0.15, 0.2) is 59.1 Å². The summed E-state index contributed by atoms with van der Waals surface area (Å²) in [5.41, 5.74) is 2.36. The first-order valence-corrected chi connectivity index (χ1v) is 11.4. The number of benzene rings is 2. The zero-order valence-electron chi connectivity index (χ0n) is 17.1. The molecular formula is C21H24N4O4S. The van der Waals surface area contributed by atoms with E-state index in [9.17, 15) is 13.2 Å². The fourth-order valence-electron chi connectivity index (χ4n) is 3.06. The fourth-order valence-corrected chi connectivity index (χ4v) is 4.27. The van der Waals surface area contributed by atoms with Crippen LogP contribution < -0.4 is 9.62 Å². The molecule has 1 aromatic heterocycles. The second-order valence-electron chi connectivity index (χ2n) is 6.91. The summed E-state index contributed by atoms with van der Waals surface area (Å²) in [6.45, 7) is 3.74. The van der Waals surface area contributed by atoms with Crippen molar-refractivity contribution >= 4 is 21.6 Å². The molecular weight excluding hydrogens is 404 g/mol. The van der Waals surface area contributed by atoms with Gasteiger partial charge < -0.3 is 9.84 Å². The third kappa shape index (κ3) is 5.04. The number of nitrogens with zero attached hydrogens (tertiary/aromatic N) is 3. The van der Waals surface area contributed by atoms with E-state index in [2.05, 4.69) is 15.5 Å². The molecule has 0 aliphatic heterocycles. The molecule has 3 aromatic rings. The Labute approximate surface area is 176 Å². The lowest BCUT2D eigenvalue weighted by Gasteiger charge is -2.29.